The van der Waals surface area contributed by atoms with Gasteiger partial charge in [-0.3, -0.25) is 4.79 Å². The van der Waals surface area contributed by atoms with E-state index in [4.69, 9.17) is 0 Å². The zero-order valence-electron chi connectivity index (χ0n) is 14.4. The molecule has 0 spiro atoms. The first-order chi connectivity index (χ1) is 11.0. The maximum atomic E-state index is 12.3. The summed E-state index contributed by atoms with van der Waals surface area (Å²) in [6.07, 6.45) is 14.9. The third-order valence-electron chi connectivity index (χ3n) is 5.14. The molecule has 1 N–H and O–H groups in total. The number of hydrogen-bond donors (Lipinski definition) is 1. The molecule has 1 amide bonds. The lowest BCUT2D eigenvalue weighted by atomic mass is 9.96. The highest BCUT2D eigenvalue weighted by Gasteiger charge is 2.38. The average Bonchev–Trinajstić information content (AvgIpc) is 2.38. The Morgan fingerprint density at radius 1 is 0.870 bits per heavy atom. The zero-order chi connectivity index (χ0) is 16.7. The molecule has 0 unspecified atom stereocenters. The summed E-state index contributed by atoms with van der Waals surface area (Å²) in [5.74, 6) is -0.117. The van der Waals surface area contributed by atoms with E-state index < -0.39 is 10.0 Å². The molecule has 1 heterocycles. The van der Waals surface area contributed by atoms with E-state index in [1.807, 2.05) is 0 Å². The fourth-order valence-electron chi connectivity index (χ4n) is 3.50. The maximum absolute atomic E-state index is 12.3. The number of nitrogens with one attached hydrogen (secondary N) is 1. The van der Waals surface area contributed by atoms with Gasteiger partial charge >= 0.3 is 0 Å². The van der Waals surface area contributed by atoms with Crippen molar-refractivity contribution in [2.24, 2.45) is 5.92 Å². The Kier molecular flexibility index (Phi) is 7.34. The summed E-state index contributed by atoms with van der Waals surface area (Å²) < 4.78 is 24.1. The second-order valence-electron chi connectivity index (χ2n) is 7.24. The molecule has 0 aromatic carbocycles. The largest absolute Gasteiger partial charge is 0.353 e. The van der Waals surface area contributed by atoms with Gasteiger partial charge in [-0.05, 0) is 12.8 Å². The number of hydrogen-bond acceptors (Lipinski definition) is 3. The van der Waals surface area contributed by atoms with Crippen molar-refractivity contribution < 1.29 is 13.2 Å². The van der Waals surface area contributed by atoms with Crippen LogP contribution in [0.4, 0.5) is 0 Å². The van der Waals surface area contributed by atoms with Gasteiger partial charge in [0.15, 0.2) is 0 Å². The van der Waals surface area contributed by atoms with E-state index in [9.17, 15) is 13.2 Å². The minimum atomic E-state index is -3.14. The second kappa shape index (κ2) is 9.02. The lowest BCUT2D eigenvalue weighted by Crippen LogP contribution is -2.56. The van der Waals surface area contributed by atoms with Crippen molar-refractivity contribution in [3.05, 3.63) is 0 Å². The van der Waals surface area contributed by atoms with Crippen LogP contribution in [0.2, 0.25) is 0 Å². The molecule has 5 nitrogen and oxygen atoms in total. The summed E-state index contributed by atoms with van der Waals surface area (Å²) in [5.41, 5.74) is 0. The fourth-order valence-corrected chi connectivity index (χ4v) is 4.40. The van der Waals surface area contributed by atoms with Gasteiger partial charge in [0.2, 0.25) is 15.9 Å². The fraction of sp³-hybridized carbons (Fsp3) is 0.941. The average molecular weight is 345 g/mol. The van der Waals surface area contributed by atoms with Crippen LogP contribution >= 0.6 is 0 Å². The molecule has 2 fully saturated rings. The lowest BCUT2D eigenvalue weighted by molar-refractivity contribution is -0.129. The molecule has 1 saturated carbocycles. The summed E-state index contributed by atoms with van der Waals surface area (Å²) in [7, 11) is -3.14. The normalized spacial score (nSPS) is 24.2. The number of amides is 1. The van der Waals surface area contributed by atoms with Crippen molar-refractivity contribution in [3.63, 3.8) is 0 Å². The van der Waals surface area contributed by atoms with Crippen molar-refractivity contribution >= 4 is 15.9 Å². The number of sulfonamides is 1. The quantitative estimate of drug-likeness (QED) is 0.856. The highest BCUT2D eigenvalue weighted by Crippen LogP contribution is 2.21. The molecule has 2 aliphatic rings. The predicted molar refractivity (Wildman–Crippen MR) is 92.6 cm³/mol. The van der Waals surface area contributed by atoms with E-state index in [2.05, 4.69) is 5.32 Å². The number of rotatable bonds is 3. The van der Waals surface area contributed by atoms with Gasteiger partial charge in [-0.15, -0.1) is 0 Å². The van der Waals surface area contributed by atoms with Crippen LogP contribution in [0.15, 0.2) is 0 Å². The second-order valence-corrected chi connectivity index (χ2v) is 9.22. The minimum Gasteiger partial charge on any atom is -0.353 e. The van der Waals surface area contributed by atoms with Crippen LogP contribution in [-0.4, -0.2) is 44.0 Å². The Hall–Kier alpha value is -0.620. The van der Waals surface area contributed by atoms with Gasteiger partial charge in [0.1, 0.15) is 0 Å². The van der Waals surface area contributed by atoms with Gasteiger partial charge in [-0.1, -0.05) is 57.8 Å². The first-order valence-electron chi connectivity index (χ1n) is 9.22. The van der Waals surface area contributed by atoms with Crippen molar-refractivity contribution in [2.75, 3.05) is 19.3 Å². The Morgan fingerprint density at radius 2 is 1.30 bits per heavy atom. The predicted octanol–water partition coefficient (Wildman–Crippen LogP) is 2.67. The molecule has 1 aliphatic carbocycles. The lowest BCUT2D eigenvalue weighted by Gasteiger charge is -2.36. The highest BCUT2D eigenvalue weighted by atomic mass is 32.2. The molecule has 0 bridgehead atoms. The van der Waals surface area contributed by atoms with Crippen molar-refractivity contribution in [3.8, 4) is 0 Å². The van der Waals surface area contributed by atoms with Gasteiger partial charge in [0, 0.05) is 19.1 Å². The van der Waals surface area contributed by atoms with Crippen molar-refractivity contribution in [1.29, 1.82) is 0 Å². The number of nitrogens with zero attached hydrogens (tertiary/aromatic N) is 1. The number of carbonyl (C=O) groups is 1. The molecule has 23 heavy (non-hydrogen) atoms. The molecule has 134 valence electrons. The Bertz CT molecular complexity index is 460. The minimum absolute atomic E-state index is 0.0435. The van der Waals surface area contributed by atoms with Crippen LogP contribution in [0, 0.1) is 5.92 Å². The van der Waals surface area contributed by atoms with Crippen LogP contribution in [0.5, 0.6) is 0 Å². The van der Waals surface area contributed by atoms with Crippen LogP contribution in [0.1, 0.15) is 70.6 Å². The molecular formula is C17H32N2O3S. The maximum Gasteiger partial charge on any atom is 0.225 e. The van der Waals surface area contributed by atoms with E-state index in [1.54, 1.807) is 0 Å². The molecule has 1 saturated heterocycles. The molecule has 0 aromatic heterocycles. The molecule has 1 aliphatic heterocycles. The van der Waals surface area contributed by atoms with Crippen molar-refractivity contribution in [1.82, 2.24) is 9.62 Å². The third kappa shape index (κ3) is 6.42. The molecule has 2 rings (SSSR count). The summed E-state index contributed by atoms with van der Waals surface area (Å²) in [6, 6.07) is 0.272. The first-order valence-corrected chi connectivity index (χ1v) is 11.1. The van der Waals surface area contributed by atoms with Gasteiger partial charge in [0.25, 0.3) is 0 Å². The van der Waals surface area contributed by atoms with E-state index in [1.165, 1.54) is 68.3 Å². The number of carbonyl (C=O) groups excluding carboxylic acids is 1. The first kappa shape index (κ1) is 18.7. The summed E-state index contributed by atoms with van der Waals surface area (Å²) in [5, 5.41) is 3.18. The Morgan fingerprint density at radius 3 is 1.74 bits per heavy atom. The van der Waals surface area contributed by atoms with Crippen molar-refractivity contribution in [2.45, 2.75) is 76.7 Å². The smallest absolute Gasteiger partial charge is 0.225 e. The standard InChI is InChI=1S/C17H32N2O3S/c1-23(21,22)19-13-15(14-19)17(20)18-16-11-9-7-5-3-2-4-6-8-10-12-16/h15-16H,2-14H2,1H3,(H,18,20). The Balaban J connectivity index is 1.75. The summed E-state index contributed by atoms with van der Waals surface area (Å²) >= 11 is 0. The van der Waals surface area contributed by atoms with E-state index in [0.29, 0.717) is 13.1 Å². The molecule has 0 radical (unpaired) electrons. The van der Waals surface area contributed by atoms with Gasteiger partial charge < -0.3 is 5.32 Å². The van der Waals surface area contributed by atoms with Crippen LogP contribution in [0.3, 0.4) is 0 Å². The van der Waals surface area contributed by atoms with Crippen LogP contribution < -0.4 is 5.32 Å². The van der Waals surface area contributed by atoms with Gasteiger partial charge in [-0.25, -0.2) is 12.7 Å². The topological polar surface area (TPSA) is 66.5 Å². The zero-order valence-corrected chi connectivity index (χ0v) is 15.2. The van der Waals surface area contributed by atoms with E-state index in [0.717, 1.165) is 12.8 Å². The monoisotopic (exact) mass is 344 g/mol. The Labute approximate surface area is 141 Å². The van der Waals surface area contributed by atoms with Crippen LogP contribution in [-0.2, 0) is 14.8 Å². The molecule has 0 atom stereocenters. The summed E-state index contributed by atoms with van der Waals surface area (Å²) in [6.45, 7) is 0.689. The van der Waals surface area contributed by atoms with E-state index >= 15 is 0 Å². The molecular weight excluding hydrogens is 312 g/mol. The van der Waals surface area contributed by atoms with Gasteiger partial charge in [0.05, 0.1) is 12.2 Å². The van der Waals surface area contributed by atoms with E-state index in [-0.39, 0.29) is 17.9 Å². The van der Waals surface area contributed by atoms with Gasteiger partial charge in [-0.2, -0.15) is 0 Å². The third-order valence-corrected chi connectivity index (χ3v) is 6.38. The molecule has 0 aromatic rings. The SMILES string of the molecule is CS(=O)(=O)N1CC(C(=O)NC2CCCCCCCCCCC2)C1. The highest BCUT2D eigenvalue weighted by molar-refractivity contribution is 7.88. The molecule has 6 heteroatoms. The van der Waals surface area contributed by atoms with Crippen LogP contribution in [0.25, 0.3) is 0 Å². The summed E-state index contributed by atoms with van der Waals surface area (Å²) in [4.78, 5) is 12.3.